The molecule has 0 heterocycles. The Labute approximate surface area is 147 Å². The summed E-state index contributed by atoms with van der Waals surface area (Å²) in [5, 5.41) is 8.25. The third-order valence-corrected chi connectivity index (χ3v) is 1.93. The summed E-state index contributed by atoms with van der Waals surface area (Å²) in [6, 6.07) is 0. The SMILES string of the molecule is CC(C)(C)OC(=O)CCC(=O)O.CC(C)(C)OC(=O)CCOC(N)=O. The Morgan fingerprint density at radius 1 is 0.800 bits per heavy atom. The van der Waals surface area contributed by atoms with E-state index in [0.717, 1.165) is 0 Å². The minimum atomic E-state index is -0.985. The van der Waals surface area contributed by atoms with E-state index in [2.05, 4.69) is 4.74 Å². The predicted molar refractivity (Wildman–Crippen MR) is 88.7 cm³/mol. The molecule has 0 saturated heterocycles. The molecule has 0 fully saturated rings. The number of esters is 2. The molecular formula is C16H29NO8. The molecule has 0 aromatic carbocycles. The van der Waals surface area contributed by atoms with E-state index in [0.29, 0.717) is 0 Å². The zero-order valence-electron chi connectivity index (χ0n) is 15.7. The summed E-state index contributed by atoms with van der Waals surface area (Å²) < 4.78 is 14.2. The standard InChI is InChI=1S/C8H15NO4.C8H14O4/c1-8(2,3)13-6(10)4-5-12-7(9)11;1-8(2,3)12-7(11)5-4-6(9)10/h4-5H2,1-3H3,(H2,9,11);4-5H2,1-3H3,(H,9,10). The molecule has 0 radical (unpaired) electrons. The van der Waals surface area contributed by atoms with Crippen LogP contribution in [0, 0.1) is 0 Å². The Bertz CT molecular complexity index is 460. The molecule has 0 rings (SSSR count). The summed E-state index contributed by atoms with van der Waals surface area (Å²) in [5.41, 5.74) is 3.65. The van der Waals surface area contributed by atoms with Crippen molar-refractivity contribution in [1.29, 1.82) is 0 Å². The van der Waals surface area contributed by atoms with E-state index in [1.807, 2.05) is 0 Å². The fourth-order valence-corrected chi connectivity index (χ4v) is 1.23. The van der Waals surface area contributed by atoms with Crippen LogP contribution in [-0.2, 0) is 28.6 Å². The summed E-state index contributed by atoms with van der Waals surface area (Å²) >= 11 is 0. The smallest absolute Gasteiger partial charge is 0.404 e. The Kier molecular flexibility index (Phi) is 11.2. The Balaban J connectivity index is 0. The van der Waals surface area contributed by atoms with Crippen molar-refractivity contribution in [1.82, 2.24) is 0 Å². The van der Waals surface area contributed by atoms with Gasteiger partial charge in [-0.15, -0.1) is 0 Å². The van der Waals surface area contributed by atoms with Gasteiger partial charge in [-0.05, 0) is 41.5 Å². The Morgan fingerprint density at radius 3 is 1.52 bits per heavy atom. The molecule has 3 N–H and O–H groups in total. The molecule has 0 aliphatic rings. The number of hydrogen-bond acceptors (Lipinski definition) is 7. The van der Waals surface area contributed by atoms with E-state index in [1.54, 1.807) is 41.5 Å². The highest BCUT2D eigenvalue weighted by Crippen LogP contribution is 2.09. The van der Waals surface area contributed by atoms with Gasteiger partial charge in [0.05, 0.1) is 19.3 Å². The van der Waals surface area contributed by atoms with E-state index in [9.17, 15) is 19.2 Å². The normalized spacial score (nSPS) is 10.8. The van der Waals surface area contributed by atoms with Crippen molar-refractivity contribution < 1.29 is 38.5 Å². The summed E-state index contributed by atoms with van der Waals surface area (Å²) in [6.07, 6.45) is -1.09. The van der Waals surface area contributed by atoms with Crippen molar-refractivity contribution >= 4 is 24.0 Å². The average molecular weight is 363 g/mol. The first-order valence-corrected chi connectivity index (χ1v) is 7.70. The van der Waals surface area contributed by atoms with Crippen molar-refractivity contribution in [3.63, 3.8) is 0 Å². The van der Waals surface area contributed by atoms with Gasteiger partial charge in [0.2, 0.25) is 0 Å². The van der Waals surface area contributed by atoms with E-state index in [1.165, 1.54) is 0 Å². The first-order valence-electron chi connectivity index (χ1n) is 7.70. The highest BCUT2D eigenvalue weighted by molar-refractivity contribution is 5.76. The molecule has 1 amide bonds. The fourth-order valence-electron chi connectivity index (χ4n) is 1.23. The third kappa shape index (κ3) is 24.1. The van der Waals surface area contributed by atoms with Gasteiger partial charge in [0.25, 0.3) is 0 Å². The number of carbonyl (C=O) groups is 4. The first-order chi connectivity index (χ1) is 11.1. The molecule has 9 nitrogen and oxygen atoms in total. The number of amides is 1. The number of carbonyl (C=O) groups excluding carboxylic acids is 3. The molecule has 25 heavy (non-hydrogen) atoms. The number of ether oxygens (including phenoxy) is 3. The van der Waals surface area contributed by atoms with Crippen LogP contribution >= 0.6 is 0 Å². The van der Waals surface area contributed by atoms with E-state index in [-0.39, 0.29) is 25.9 Å². The van der Waals surface area contributed by atoms with Gasteiger partial charge in [-0.1, -0.05) is 0 Å². The van der Waals surface area contributed by atoms with Crippen LogP contribution in [0.5, 0.6) is 0 Å². The van der Waals surface area contributed by atoms with Gasteiger partial charge in [0.15, 0.2) is 0 Å². The van der Waals surface area contributed by atoms with E-state index in [4.69, 9.17) is 20.3 Å². The summed E-state index contributed by atoms with van der Waals surface area (Å²) in [7, 11) is 0. The van der Waals surface area contributed by atoms with Gasteiger partial charge in [-0.25, -0.2) is 4.79 Å². The van der Waals surface area contributed by atoms with Gasteiger partial charge in [0, 0.05) is 0 Å². The fraction of sp³-hybridized carbons (Fsp3) is 0.750. The largest absolute Gasteiger partial charge is 0.481 e. The lowest BCUT2D eigenvalue weighted by Gasteiger charge is -2.19. The minimum absolute atomic E-state index is 0.0280. The van der Waals surface area contributed by atoms with Crippen LogP contribution in [0.2, 0.25) is 0 Å². The van der Waals surface area contributed by atoms with E-state index >= 15 is 0 Å². The van der Waals surface area contributed by atoms with Crippen LogP contribution in [0.15, 0.2) is 0 Å². The zero-order chi connectivity index (χ0) is 20.3. The number of nitrogens with two attached hydrogens (primary N) is 1. The van der Waals surface area contributed by atoms with Crippen molar-refractivity contribution in [3.8, 4) is 0 Å². The lowest BCUT2D eigenvalue weighted by molar-refractivity contribution is -0.157. The van der Waals surface area contributed by atoms with Crippen molar-refractivity contribution in [3.05, 3.63) is 0 Å². The van der Waals surface area contributed by atoms with Crippen LogP contribution in [0.3, 0.4) is 0 Å². The highest BCUT2D eigenvalue weighted by Gasteiger charge is 2.17. The highest BCUT2D eigenvalue weighted by atomic mass is 16.6. The van der Waals surface area contributed by atoms with Gasteiger partial charge >= 0.3 is 24.0 Å². The Hall–Kier alpha value is -2.32. The summed E-state index contributed by atoms with van der Waals surface area (Å²) in [5.74, 6) is -1.86. The second-order valence-electron chi connectivity index (χ2n) is 6.98. The number of primary amides is 1. The quantitative estimate of drug-likeness (QED) is 0.539. The van der Waals surface area contributed by atoms with Gasteiger partial charge < -0.3 is 25.1 Å². The second-order valence-corrected chi connectivity index (χ2v) is 6.98. The molecule has 0 aliphatic heterocycles. The monoisotopic (exact) mass is 363 g/mol. The molecular weight excluding hydrogens is 334 g/mol. The van der Waals surface area contributed by atoms with Crippen LogP contribution in [-0.4, -0.2) is 46.9 Å². The Morgan fingerprint density at radius 2 is 1.20 bits per heavy atom. The number of carboxylic acid groups (broad SMARTS) is 1. The lowest BCUT2D eigenvalue weighted by Crippen LogP contribution is -2.25. The van der Waals surface area contributed by atoms with Crippen LogP contribution < -0.4 is 5.73 Å². The van der Waals surface area contributed by atoms with Gasteiger partial charge in [-0.2, -0.15) is 0 Å². The molecule has 0 bridgehead atoms. The van der Waals surface area contributed by atoms with Crippen LogP contribution in [0.1, 0.15) is 60.8 Å². The third-order valence-electron chi connectivity index (χ3n) is 1.93. The van der Waals surface area contributed by atoms with Crippen LogP contribution in [0.4, 0.5) is 4.79 Å². The molecule has 0 aliphatic carbocycles. The number of rotatable bonds is 6. The molecule has 9 heteroatoms. The molecule has 0 spiro atoms. The maximum Gasteiger partial charge on any atom is 0.404 e. The molecule has 0 atom stereocenters. The predicted octanol–water partition coefficient (Wildman–Crippen LogP) is 2.01. The maximum atomic E-state index is 11.0. The van der Waals surface area contributed by atoms with Crippen molar-refractivity contribution in [2.75, 3.05) is 6.61 Å². The van der Waals surface area contributed by atoms with Crippen LogP contribution in [0.25, 0.3) is 0 Å². The van der Waals surface area contributed by atoms with Crippen molar-refractivity contribution in [2.24, 2.45) is 5.73 Å². The van der Waals surface area contributed by atoms with Crippen molar-refractivity contribution in [2.45, 2.75) is 72.0 Å². The molecule has 146 valence electrons. The zero-order valence-corrected chi connectivity index (χ0v) is 15.7. The topological polar surface area (TPSA) is 142 Å². The maximum absolute atomic E-state index is 11.0. The number of hydrogen-bond donors (Lipinski definition) is 2. The molecule has 0 aromatic rings. The average Bonchev–Trinajstić information content (AvgIpc) is 2.32. The summed E-state index contributed by atoms with van der Waals surface area (Å²) in [4.78, 5) is 42.0. The molecule has 0 saturated carbocycles. The minimum Gasteiger partial charge on any atom is -0.481 e. The second kappa shape index (κ2) is 11.3. The molecule has 0 aromatic heterocycles. The first kappa shape index (κ1) is 24.9. The lowest BCUT2D eigenvalue weighted by atomic mass is 10.2. The van der Waals surface area contributed by atoms with Gasteiger partial charge in [0.1, 0.15) is 17.8 Å². The van der Waals surface area contributed by atoms with E-state index < -0.39 is 35.2 Å². The summed E-state index contributed by atoms with van der Waals surface area (Å²) in [6.45, 7) is 10.5. The number of carboxylic acids is 1. The van der Waals surface area contributed by atoms with Gasteiger partial charge in [-0.3, -0.25) is 14.4 Å². The number of aliphatic carboxylic acids is 1. The molecule has 0 unspecified atom stereocenters.